The summed E-state index contributed by atoms with van der Waals surface area (Å²) < 4.78 is 27.7. The summed E-state index contributed by atoms with van der Waals surface area (Å²) in [6.07, 6.45) is 0.492. The second-order valence-corrected chi connectivity index (χ2v) is 6.86. The molecule has 0 spiro atoms. The van der Waals surface area contributed by atoms with Gasteiger partial charge in [-0.25, -0.2) is 13.1 Å². The van der Waals surface area contributed by atoms with Gasteiger partial charge in [0.25, 0.3) is 5.56 Å². The summed E-state index contributed by atoms with van der Waals surface area (Å²) in [5, 5.41) is 10.2. The van der Waals surface area contributed by atoms with Gasteiger partial charge in [-0.05, 0) is 24.3 Å². The molecule has 0 aliphatic rings. The number of nitrogens with one attached hydrogen (secondary N) is 1. The predicted octanol–water partition coefficient (Wildman–Crippen LogP) is 0.841. The van der Waals surface area contributed by atoms with E-state index in [-0.39, 0.29) is 23.5 Å². The van der Waals surface area contributed by atoms with Crippen molar-refractivity contribution in [3.8, 4) is 0 Å². The first-order chi connectivity index (χ1) is 10.4. The van der Waals surface area contributed by atoms with E-state index in [0.717, 1.165) is 0 Å². The fourth-order valence-corrected chi connectivity index (χ4v) is 3.20. The predicted molar refractivity (Wildman–Crippen MR) is 83.3 cm³/mol. The first-order valence-electron chi connectivity index (χ1n) is 6.47. The van der Waals surface area contributed by atoms with Crippen molar-refractivity contribution in [3.63, 3.8) is 0 Å². The van der Waals surface area contributed by atoms with Crippen molar-refractivity contribution in [2.75, 3.05) is 6.54 Å². The number of hydrogen-bond donors (Lipinski definition) is 2. The van der Waals surface area contributed by atoms with Gasteiger partial charge in [0.1, 0.15) is 0 Å². The summed E-state index contributed by atoms with van der Waals surface area (Å²) in [6, 6.07) is 10.4. The van der Waals surface area contributed by atoms with E-state index in [1.54, 1.807) is 18.2 Å². The van der Waals surface area contributed by atoms with Crippen molar-refractivity contribution in [3.05, 3.63) is 64.0 Å². The van der Waals surface area contributed by atoms with Gasteiger partial charge in [-0.15, -0.1) is 0 Å². The molecule has 1 aromatic carbocycles. The summed E-state index contributed by atoms with van der Waals surface area (Å²) in [7, 11) is -3.76. The highest BCUT2D eigenvalue weighted by atomic mass is 35.5. The maximum Gasteiger partial charge on any atom is 0.250 e. The third kappa shape index (κ3) is 4.41. The van der Waals surface area contributed by atoms with Crippen LogP contribution in [0.1, 0.15) is 0 Å². The van der Waals surface area contributed by atoms with Gasteiger partial charge in [0.15, 0.2) is 0 Å². The van der Waals surface area contributed by atoms with Gasteiger partial charge in [0.05, 0.1) is 17.5 Å². The van der Waals surface area contributed by atoms with Crippen molar-refractivity contribution in [1.82, 2.24) is 9.29 Å². The molecule has 118 valence electrons. The molecule has 8 heteroatoms. The van der Waals surface area contributed by atoms with Crippen LogP contribution in [0.5, 0.6) is 0 Å². The third-order valence-electron chi connectivity index (χ3n) is 2.92. The topological polar surface area (TPSA) is 88.4 Å². The highest BCUT2D eigenvalue weighted by molar-refractivity contribution is 7.89. The number of nitrogens with zero attached hydrogens (tertiary/aromatic N) is 1. The fourth-order valence-electron chi connectivity index (χ4n) is 1.83. The second-order valence-electron chi connectivity index (χ2n) is 4.65. The minimum Gasteiger partial charge on any atom is -0.390 e. The fraction of sp³-hybridized carbons (Fsp3) is 0.214. The summed E-state index contributed by atoms with van der Waals surface area (Å²) >= 11 is 5.76. The monoisotopic (exact) mass is 342 g/mol. The maximum absolute atomic E-state index is 12.1. The van der Waals surface area contributed by atoms with Crippen LogP contribution in [0.25, 0.3) is 0 Å². The van der Waals surface area contributed by atoms with Crippen LogP contribution >= 0.6 is 11.6 Å². The molecule has 0 bridgehead atoms. The first kappa shape index (κ1) is 16.7. The first-order valence-corrected chi connectivity index (χ1v) is 8.33. The lowest BCUT2D eigenvalue weighted by Crippen LogP contribution is -2.36. The Hall–Kier alpha value is -1.67. The van der Waals surface area contributed by atoms with E-state index in [0.29, 0.717) is 5.02 Å². The lowest BCUT2D eigenvalue weighted by atomic mass is 10.3. The standard InChI is InChI=1S/C14H15ClN2O4S/c15-11-4-3-5-13(8-11)22(20,21)16-9-12(18)10-17-7-2-1-6-14(17)19/h1-8,12,16,18H,9-10H2. The molecular formula is C14H15ClN2O4S. The molecule has 0 amide bonds. The highest BCUT2D eigenvalue weighted by Gasteiger charge is 2.16. The van der Waals surface area contributed by atoms with Crippen molar-refractivity contribution in [1.29, 1.82) is 0 Å². The molecule has 1 unspecified atom stereocenters. The van der Waals surface area contributed by atoms with Crippen molar-refractivity contribution in [2.24, 2.45) is 0 Å². The molecule has 0 aliphatic carbocycles. The summed E-state index contributed by atoms with van der Waals surface area (Å²) in [5.74, 6) is 0. The number of halogens is 1. The molecule has 1 aromatic heterocycles. The Kier molecular flexibility index (Phi) is 5.36. The Bertz CT molecular complexity index is 804. The molecule has 0 saturated carbocycles. The number of aromatic nitrogens is 1. The molecule has 0 saturated heterocycles. The van der Waals surface area contributed by atoms with E-state index < -0.39 is 16.1 Å². The number of aliphatic hydroxyl groups excluding tert-OH is 1. The van der Waals surface area contributed by atoms with Crippen LogP contribution in [0.3, 0.4) is 0 Å². The molecule has 22 heavy (non-hydrogen) atoms. The van der Waals surface area contributed by atoms with Gasteiger partial charge >= 0.3 is 0 Å². The Balaban J connectivity index is 2.00. The Morgan fingerprint density at radius 2 is 2.00 bits per heavy atom. The number of rotatable bonds is 6. The van der Waals surface area contributed by atoms with Crippen molar-refractivity contribution < 1.29 is 13.5 Å². The summed E-state index contributed by atoms with van der Waals surface area (Å²) in [4.78, 5) is 11.5. The highest BCUT2D eigenvalue weighted by Crippen LogP contribution is 2.15. The molecule has 6 nitrogen and oxygen atoms in total. The van der Waals surface area contributed by atoms with E-state index >= 15 is 0 Å². The van der Waals surface area contributed by atoms with Crippen LogP contribution in [0, 0.1) is 0 Å². The molecule has 1 heterocycles. The minimum absolute atomic E-state index is 0.00224. The smallest absolute Gasteiger partial charge is 0.250 e. The van der Waals surface area contributed by atoms with E-state index in [9.17, 15) is 18.3 Å². The molecule has 0 fully saturated rings. The van der Waals surface area contributed by atoms with Crippen LogP contribution in [0.15, 0.2) is 58.4 Å². The molecule has 0 aliphatic heterocycles. The number of aliphatic hydroxyl groups is 1. The van der Waals surface area contributed by atoms with Gasteiger partial charge < -0.3 is 9.67 Å². The Morgan fingerprint density at radius 3 is 2.68 bits per heavy atom. The average Bonchev–Trinajstić information content (AvgIpc) is 2.48. The van der Waals surface area contributed by atoms with E-state index in [2.05, 4.69) is 4.72 Å². The number of hydrogen-bond acceptors (Lipinski definition) is 4. The maximum atomic E-state index is 12.1. The van der Waals surface area contributed by atoms with Crippen LogP contribution in [0.4, 0.5) is 0 Å². The van der Waals surface area contributed by atoms with Gasteiger partial charge in [-0.3, -0.25) is 4.79 Å². The van der Waals surface area contributed by atoms with Gasteiger partial charge in [0.2, 0.25) is 10.0 Å². The molecular weight excluding hydrogens is 328 g/mol. The van der Waals surface area contributed by atoms with E-state index in [1.165, 1.54) is 35.0 Å². The van der Waals surface area contributed by atoms with Crippen molar-refractivity contribution in [2.45, 2.75) is 17.5 Å². The zero-order valence-corrected chi connectivity index (χ0v) is 13.1. The Morgan fingerprint density at radius 1 is 1.23 bits per heavy atom. The molecule has 2 rings (SSSR count). The van der Waals surface area contributed by atoms with E-state index in [1.807, 2.05) is 0 Å². The van der Waals surface area contributed by atoms with E-state index in [4.69, 9.17) is 11.6 Å². The van der Waals surface area contributed by atoms with Crippen LogP contribution < -0.4 is 10.3 Å². The molecule has 1 atom stereocenters. The molecule has 2 aromatic rings. The van der Waals surface area contributed by atoms with Gasteiger partial charge in [0, 0.05) is 23.8 Å². The summed E-state index contributed by atoms with van der Waals surface area (Å²) in [6.45, 7) is -0.214. The molecule has 2 N–H and O–H groups in total. The zero-order chi connectivity index (χ0) is 16.2. The largest absolute Gasteiger partial charge is 0.390 e. The summed E-state index contributed by atoms with van der Waals surface area (Å²) in [5.41, 5.74) is -0.265. The van der Waals surface area contributed by atoms with Gasteiger partial charge in [-0.1, -0.05) is 23.7 Å². The normalized spacial score (nSPS) is 13.0. The second kappa shape index (κ2) is 7.06. The van der Waals surface area contributed by atoms with Crippen molar-refractivity contribution >= 4 is 21.6 Å². The average molecular weight is 343 g/mol. The SMILES string of the molecule is O=c1ccccn1CC(O)CNS(=O)(=O)c1cccc(Cl)c1. The zero-order valence-electron chi connectivity index (χ0n) is 11.5. The Labute approximate surface area is 133 Å². The van der Waals surface area contributed by atoms with Crippen LogP contribution in [0.2, 0.25) is 5.02 Å². The lowest BCUT2D eigenvalue weighted by Gasteiger charge is -2.13. The minimum atomic E-state index is -3.76. The number of sulfonamides is 1. The molecule has 0 radical (unpaired) electrons. The third-order valence-corrected chi connectivity index (χ3v) is 4.58. The van der Waals surface area contributed by atoms with Crippen LogP contribution in [-0.4, -0.2) is 30.7 Å². The number of benzene rings is 1. The number of pyridine rings is 1. The van der Waals surface area contributed by atoms with Gasteiger partial charge in [-0.2, -0.15) is 0 Å². The lowest BCUT2D eigenvalue weighted by molar-refractivity contribution is 0.156. The van der Waals surface area contributed by atoms with Crippen LogP contribution in [-0.2, 0) is 16.6 Å². The quantitative estimate of drug-likeness (QED) is 0.814.